The molecule has 1 aliphatic heterocycles. The molecule has 114 valence electrons. The lowest BCUT2D eigenvalue weighted by Crippen LogP contribution is -2.48. The van der Waals surface area contributed by atoms with Crippen LogP contribution in [0.15, 0.2) is 24.3 Å². The van der Waals surface area contributed by atoms with E-state index in [1.165, 1.54) is 25.3 Å². The molecule has 0 aromatic heterocycles. The molecule has 0 spiro atoms. The number of amides is 1. The lowest BCUT2D eigenvalue weighted by Gasteiger charge is -2.32. The van der Waals surface area contributed by atoms with E-state index in [9.17, 15) is 14.0 Å². The Kier molecular flexibility index (Phi) is 5.27. The fraction of sp³-hybridized carbons (Fsp3) is 0.467. The van der Waals surface area contributed by atoms with Crippen LogP contribution >= 0.6 is 0 Å². The number of nitrogens with one attached hydrogen (secondary N) is 1. The van der Waals surface area contributed by atoms with Crippen molar-refractivity contribution in [3.05, 3.63) is 30.1 Å². The Morgan fingerprint density at radius 1 is 1.43 bits per heavy atom. The summed E-state index contributed by atoms with van der Waals surface area (Å²) in [4.78, 5) is 25.5. The Morgan fingerprint density at radius 2 is 2.24 bits per heavy atom. The van der Waals surface area contributed by atoms with Crippen molar-refractivity contribution >= 4 is 17.6 Å². The summed E-state index contributed by atoms with van der Waals surface area (Å²) < 4.78 is 17.8. The van der Waals surface area contributed by atoms with Gasteiger partial charge in [-0.3, -0.25) is 14.5 Å². The van der Waals surface area contributed by atoms with Crippen LogP contribution in [0.25, 0.3) is 0 Å². The second kappa shape index (κ2) is 7.17. The van der Waals surface area contributed by atoms with E-state index in [1.54, 1.807) is 6.07 Å². The second-order valence-electron chi connectivity index (χ2n) is 5.06. The fourth-order valence-corrected chi connectivity index (χ4v) is 2.53. The number of piperidine rings is 1. The molecule has 1 saturated heterocycles. The van der Waals surface area contributed by atoms with Crippen molar-refractivity contribution in [3.63, 3.8) is 0 Å². The van der Waals surface area contributed by atoms with Crippen LogP contribution in [0, 0.1) is 5.82 Å². The summed E-state index contributed by atoms with van der Waals surface area (Å²) in [5, 5.41) is 2.63. The van der Waals surface area contributed by atoms with E-state index in [0.29, 0.717) is 18.7 Å². The third-order valence-electron chi connectivity index (χ3n) is 3.54. The molecule has 1 fully saturated rings. The first-order valence-electron chi connectivity index (χ1n) is 6.97. The Hall–Kier alpha value is -1.95. The molecule has 0 saturated carbocycles. The molecule has 1 aromatic rings. The molecule has 6 heteroatoms. The highest BCUT2D eigenvalue weighted by molar-refractivity contribution is 5.92. The molecule has 1 amide bonds. The largest absolute Gasteiger partial charge is 0.468 e. The minimum Gasteiger partial charge on any atom is -0.468 e. The number of ether oxygens (including phenoxy) is 1. The molecule has 1 N–H and O–H groups in total. The highest BCUT2D eigenvalue weighted by atomic mass is 19.1. The summed E-state index contributed by atoms with van der Waals surface area (Å²) in [6.07, 6.45) is 2.59. The quantitative estimate of drug-likeness (QED) is 0.860. The Labute approximate surface area is 123 Å². The average molecular weight is 294 g/mol. The van der Waals surface area contributed by atoms with Gasteiger partial charge in [-0.25, -0.2) is 4.39 Å². The third kappa shape index (κ3) is 4.26. The first kappa shape index (κ1) is 15.4. The molecule has 0 aliphatic carbocycles. The van der Waals surface area contributed by atoms with Gasteiger partial charge in [-0.2, -0.15) is 0 Å². The third-order valence-corrected chi connectivity index (χ3v) is 3.54. The zero-order valence-electron chi connectivity index (χ0n) is 12.0. The van der Waals surface area contributed by atoms with Gasteiger partial charge in [0.15, 0.2) is 0 Å². The normalized spacial score (nSPS) is 19.0. The van der Waals surface area contributed by atoms with Gasteiger partial charge in [0.05, 0.1) is 13.7 Å². The summed E-state index contributed by atoms with van der Waals surface area (Å²) in [5.74, 6) is -0.983. The maximum absolute atomic E-state index is 13.1. The highest BCUT2D eigenvalue weighted by Crippen LogP contribution is 2.18. The van der Waals surface area contributed by atoms with E-state index >= 15 is 0 Å². The molecule has 2 rings (SSSR count). The van der Waals surface area contributed by atoms with E-state index in [-0.39, 0.29) is 24.5 Å². The first-order valence-corrected chi connectivity index (χ1v) is 6.97. The van der Waals surface area contributed by atoms with E-state index in [0.717, 1.165) is 12.8 Å². The Balaban J connectivity index is 1.95. The van der Waals surface area contributed by atoms with Gasteiger partial charge in [-0.15, -0.1) is 0 Å². The van der Waals surface area contributed by atoms with Crippen molar-refractivity contribution in [2.24, 2.45) is 0 Å². The number of carbonyl (C=O) groups is 2. The number of benzene rings is 1. The summed E-state index contributed by atoms with van der Waals surface area (Å²) in [5.41, 5.74) is 0.409. The second-order valence-corrected chi connectivity index (χ2v) is 5.06. The number of halogens is 1. The molecule has 0 radical (unpaired) electrons. The molecule has 1 aliphatic rings. The summed E-state index contributed by atoms with van der Waals surface area (Å²) in [7, 11) is 1.35. The van der Waals surface area contributed by atoms with Crippen molar-refractivity contribution < 1.29 is 18.7 Å². The van der Waals surface area contributed by atoms with Gasteiger partial charge in [-0.05, 0) is 37.6 Å². The van der Waals surface area contributed by atoms with Gasteiger partial charge >= 0.3 is 5.97 Å². The van der Waals surface area contributed by atoms with Crippen LogP contribution in [-0.4, -0.2) is 43.0 Å². The lowest BCUT2D eigenvalue weighted by molar-refractivity contribution is -0.148. The van der Waals surface area contributed by atoms with Crippen LogP contribution in [0.4, 0.5) is 10.1 Å². The zero-order valence-corrected chi connectivity index (χ0v) is 12.0. The smallest absolute Gasteiger partial charge is 0.323 e. The number of anilines is 1. The number of hydrogen-bond donors (Lipinski definition) is 1. The first-order chi connectivity index (χ1) is 10.1. The van der Waals surface area contributed by atoms with Gasteiger partial charge in [-0.1, -0.05) is 12.5 Å². The number of methoxy groups -OCH3 is 1. The molecule has 1 atom stereocenters. The monoisotopic (exact) mass is 294 g/mol. The topological polar surface area (TPSA) is 58.6 Å². The summed E-state index contributed by atoms with van der Waals surface area (Å²) in [6, 6.07) is 5.35. The number of likely N-dealkylation sites (tertiary alicyclic amines) is 1. The van der Waals surface area contributed by atoms with Crippen LogP contribution in [0.3, 0.4) is 0 Å². The van der Waals surface area contributed by atoms with Gasteiger partial charge in [0.2, 0.25) is 5.91 Å². The number of nitrogens with zero attached hydrogens (tertiary/aromatic N) is 1. The van der Waals surface area contributed by atoms with Crippen LogP contribution in [-0.2, 0) is 14.3 Å². The van der Waals surface area contributed by atoms with E-state index in [4.69, 9.17) is 4.74 Å². The maximum atomic E-state index is 13.1. The Morgan fingerprint density at radius 3 is 2.95 bits per heavy atom. The van der Waals surface area contributed by atoms with Gasteiger partial charge in [0.1, 0.15) is 11.9 Å². The maximum Gasteiger partial charge on any atom is 0.323 e. The van der Waals surface area contributed by atoms with Crippen LogP contribution < -0.4 is 5.32 Å². The predicted molar refractivity (Wildman–Crippen MR) is 76.3 cm³/mol. The van der Waals surface area contributed by atoms with Crippen molar-refractivity contribution in [2.75, 3.05) is 25.5 Å². The lowest BCUT2D eigenvalue weighted by atomic mass is 10.0. The summed E-state index contributed by atoms with van der Waals surface area (Å²) >= 11 is 0. The number of carbonyl (C=O) groups excluding carboxylic acids is 2. The molecule has 21 heavy (non-hydrogen) atoms. The molecule has 5 nitrogen and oxygen atoms in total. The molecule has 1 heterocycles. The molecule has 1 aromatic carbocycles. The van der Waals surface area contributed by atoms with Gasteiger partial charge in [0, 0.05) is 5.69 Å². The van der Waals surface area contributed by atoms with Crippen LogP contribution in [0.2, 0.25) is 0 Å². The molecular formula is C15H19FN2O3. The minimum atomic E-state index is -0.404. The fourth-order valence-electron chi connectivity index (χ4n) is 2.53. The molecular weight excluding hydrogens is 275 g/mol. The van der Waals surface area contributed by atoms with Gasteiger partial charge < -0.3 is 10.1 Å². The zero-order chi connectivity index (χ0) is 15.2. The number of rotatable bonds is 4. The van der Waals surface area contributed by atoms with E-state index < -0.39 is 5.82 Å². The predicted octanol–water partition coefficient (Wildman–Crippen LogP) is 1.79. The summed E-state index contributed by atoms with van der Waals surface area (Å²) in [6.45, 7) is 0.770. The van der Waals surface area contributed by atoms with Crippen molar-refractivity contribution in [3.8, 4) is 0 Å². The van der Waals surface area contributed by atoms with Crippen molar-refractivity contribution in [1.82, 2.24) is 4.90 Å². The standard InChI is InChI=1S/C15H19FN2O3/c1-21-15(20)13-7-2-3-8-18(13)10-14(19)17-12-6-4-5-11(16)9-12/h4-6,9,13H,2-3,7-8,10H2,1H3,(H,17,19). The molecule has 0 bridgehead atoms. The van der Waals surface area contributed by atoms with Crippen molar-refractivity contribution in [1.29, 1.82) is 0 Å². The van der Waals surface area contributed by atoms with Crippen LogP contribution in [0.1, 0.15) is 19.3 Å². The number of hydrogen-bond acceptors (Lipinski definition) is 4. The highest BCUT2D eigenvalue weighted by Gasteiger charge is 2.30. The van der Waals surface area contributed by atoms with E-state index in [1.807, 2.05) is 4.90 Å². The van der Waals surface area contributed by atoms with E-state index in [2.05, 4.69) is 5.32 Å². The van der Waals surface area contributed by atoms with Crippen molar-refractivity contribution in [2.45, 2.75) is 25.3 Å². The SMILES string of the molecule is COC(=O)C1CCCCN1CC(=O)Nc1cccc(F)c1. The average Bonchev–Trinajstić information content (AvgIpc) is 2.47. The minimum absolute atomic E-state index is 0.0935. The van der Waals surface area contributed by atoms with Gasteiger partial charge in [0.25, 0.3) is 0 Å². The van der Waals surface area contributed by atoms with Crippen LogP contribution in [0.5, 0.6) is 0 Å². The Bertz CT molecular complexity index is 521. The molecule has 1 unspecified atom stereocenters. The number of esters is 1.